The zero-order valence-electron chi connectivity index (χ0n) is 9.82. The summed E-state index contributed by atoms with van der Waals surface area (Å²) in [4.78, 5) is 12.1. The van der Waals surface area contributed by atoms with Crippen LogP contribution in [0.15, 0.2) is 0 Å². The molecule has 16 heavy (non-hydrogen) atoms. The number of nitrogens with two attached hydrogens (primary N) is 1. The molecule has 90 valence electrons. The quantitative estimate of drug-likeness (QED) is 0.486. The fourth-order valence-corrected chi connectivity index (χ4v) is 1.25. The molecule has 0 atom stereocenters. The van der Waals surface area contributed by atoms with Crippen LogP contribution in [-0.4, -0.2) is 28.1 Å². The summed E-state index contributed by atoms with van der Waals surface area (Å²) >= 11 is 0. The van der Waals surface area contributed by atoms with Gasteiger partial charge in [0, 0.05) is 6.04 Å². The Kier molecular flexibility index (Phi) is 4.71. The molecule has 0 amide bonds. The number of ether oxygens (including phenoxy) is 1. The summed E-state index contributed by atoms with van der Waals surface area (Å²) in [6.07, 6.45) is 1.99. The molecule has 0 aromatic carbocycles. The predicted molar refractivity (Wildman–Crippen MR) is 62.2 cm³/mol. The summed E-state index contributed by atoms with van der Waals surface area (Å²) in [6, 6.07) is 0.564. The van der Waals surface area contributed by atoms with Gasteiger partial charge in [0.1, 0.15) is 0 Å². The van der Waals surface area contributed by atoms with Gasteiger partial charge in [-0.05, 0) is 12.8 Å². The first-order valence-corrected chi connectivity index (χ1v) is 5.26. The van der Waals surface area contributed by atoms with Crippen molar-refractivity contribution in [3.63, 3.8) is 0 Å². The number of hydrogen-bond acceptors (Lipinski definition) is 7. The molecule has 0 fully saturated rings. The van der Waals surface area contributed by atoms with Crippen LogP contribution < -0.4 is 21.3 Å². The van der Waals surface area contributed by atoms with Gasteiger partial charge in [-0.3, -0.25) is 5.43 Å². The van der Waals surface area contributed by atoms with Crippen LogP contribution in [0.3, 0.4) is 0 Å². The number of rotatable bonds is 6. The summed E-state index contributed by atoms with van der Waals surface area (Å²) in [5.74, 6) is 6.00. The fourth-order valence-electron chi connectivity index (χ4n) is 1.25. The van der Waals surface area contributed by atoms with Gasteiger partial charge in [0.25, 0.3) is 0 Å². The Labute approximate surface area is 94.8 Å². The lowest BCUT2D eigenvalue weighted by Gasteiger charge is -2.15. The van der Waals surface area contributed by atoms with Crippen molar-refractivity contribution >= 4 is 11.9 Å². The Morgan fingerprint density at radius 1 is 1.19 bits per heavy atom. The number of hydrogen-bond donors (Lipinski definition) is 3. The first-order chi connectivity index (χ1) is 7.73. The number of hydrazine groups is 1. The van der Waals surface area contributed by atoms with Gasteiger partial charge in [-0.2, -0.15) is 15.0 Å². The topological polar surface area (TPSA) is 98.0 Å². The molecule has 0 saturated heterocycles. The molecule has 0 aliphatic rings. The molecule has 0 saturated carbocycles. The van der Waals surface area contributed by atoms with Crippen LogP contribution in [0.5, 0.6) is 6.01 Å². The minimum atomic E-state index is 0.233. The van der Waals surface area contributed by atoms with Crippen molar-refractivity contribution in [2.75, 3.05) is 17.9 Å². The third-order valence-electron chi connectivity index (χ3n) is 2.25. The Balaban J connectivity index is 2.85. The maximum Gasteiger partial charge on any atom is 0.322 e. The summed E-state index contributed by atoms with van der Waals surface area (Å²) in [5.41, 5.74) is 2.37. The van der Waals surface area contributed by atoms with Crippen LogP contribution >= 0.6 is 0 Å². The molecule has 0 aliphatic carbocycles. The molecule has 1 aromatic heterocycles. The third-order valence-corrected chi connectivity index (χ3v) is 2.25. The Morgan fingerprint density at radius 2 is 1.81 bits per heavy atom. The van der Waals surface area contributed by atoms with E-state index in [0.29, 0.717) is 12.0 Å². The van der Waals surface area contributed by atoms with E-state index < -0.39 is 0 Å². The van der Waals surface area contributed by atoms with Gasteiger partial charge >= 0.3 is 6.01 Å². The molecule has 0 radical (unpaired) electrons. The third kappa shape index (κ3) is 3.20. The maximum atomic E-state index is 5.25. The van der Waals surface area contributed by atoms with Crippen molar-refractivity contribution in [3.8, 4) is 6.01 Å². The lowest BCUT2D eigenvalue weighted by Crippen LogP contribution is -2.20. The van der Waals surface area contributed by atoms with Gasteiger partial charge < -0.3 is 10.1 Å². The van der Waals surface area contributed by atoms with Crippen LogP contribution in [-0.2, 0) is 0 Å². The van der Waals surface area contributed by atoms with E-state index in [-0.39, 0.29) is 12.0 Å². The number of methoxy groups -OCH3 is 1. The van der Waals surface area contributed by atoms with Crippen molar-refractivity contribution in [2.45, 2.75) is 32.7 Å². The molecular weight excluding hydrogens is 208 g/mol. The van der Waals surface area contributed by atoms with Crippen molar-refractivity contribution < 1.29 is 4.74 Å². The molecule has 0 unspecified atom stereocenters. The highest BCUT2D eigenvalue weighted by Crippen LogP contribution is 2.12. The van der Waals surface area contributed by atoms with E-state index in [1.807, 2.05) is 0 Å². The van der Waals surface area contributed by atoms with Crippen molar-refractivity contribution in [1.82, 2.24) is 15.0 Å². The molecule has 1 aromatic rings. The van der Waals surface area contributed by atoms with E-state index in [2.05, 4.69) is 39.5 Å². The van der Waals surface area contributed by atoms with Gasteiger partial charge in [0.15, 0.2) is 0 Å². The van der Waals surface area contributed by atoms with Crippen LogP contribution in [0, 0.1) is 0 Å². The first kappa shape index (κ1) is 12.4. The smallest absolute Gasteiger partial charge is 0.322 e. The summed E-state index contributed by atoms with van der Waals surface area (Å²) < 4.78 is 4.95. The molecule has 0 spiro atoms. The lowest BCUT2D eigenvalue weighted by atomic mass is 10.2. The fraction of sp³-hybridized carbons (Fsp3) is 0.667. The standard InChI is InChI=1S/C9H18N6O/c1-4-6(5-2)11-7-12-8(15-10)14-9(13-7)16-3/h6H,4-5,10H2,1-3H3,(H2,11,12,13,14,15). The van der Waals surface area contributed by atoms with Gasteiger partial charge in [-0.1, -0.05) is 13.8 Å². The van der Waals surface area contributed by atoms with E-state index in [0.717, 1.165) is 12.8 Å². The number of nitrogens with one attached hydrogen (secondary N) is 2. The molecule has 7 nitrogen and oxygen atoms in total. The molecule has 4 N–H and O–H groups in total. The summed E-state index contributed by atoms with van der Waals surface area (Å²) in [6.45, 7) is 4.20. The predicted octanol–water partition coefficient (Wildman–Crippen LogP) is 0.766. The molecule has 0 aliphatic heterocycles. The minimum Gasteiger partial charge on any atom is -0.467 e. The van der Waals surface area contributed by atoms with Crippen LogP contribution in [0.1, 0.15) is 26.7 Å². The monoisotopic (exact) mass is 226 g/mol. The van der Waals surface area contributed by atoms with Crippen LogP contribution in [0.4, 0.5) is 11.9 Å². The second kappa shape index (κ2) is 6.06. The average molecular weight is 226 g/mol. The van der Waals surface area contributed by atoms with Gasteiger partial charge in [-0.15, -0.1) is 0 Å². The first-order valence-electron chi connectivity index (χ1n) is 5.26. The zero-order valence-corrected chi connectivity index (χ0v) is 9.82. The molecule has 0 bridgehead atoms. The van der Waals surface area contributed by atoms with Crippen LogP contribution in [0.2, 0.25) is 0 Å². The highest BCUT2D eigenvalue weighted by atomic mass is 16.5. The van der Waals surface area contributed by atoms with Gasteiger partial charge in [0.05, 0.1) is 7.11 Å². The van der Waals surface area contributed by atoms with E-state index in [4.69, 9.17) is 10.6 Å². The average Bonchev–Trinajstić information content (AvgIpc) is 2.35. The number of nitrogen functional groups attached to an aromatic ring is 1. The number of anilines is 2. The van der Waals surface area contributed by atoms with Crippen molar-refractivity contribution in [3.05, 3.63) is 0 Å². The second-order valence-corrected chi connectivity index (χ2v) is 3.27. The second-order valence-electron chi connectivity index (χ2n) is 3.27. The van der Waals surface area contributed by atoms with E-state index in [9.17, 15) is 0 Å². The lowest BCUT2D eigenvalue weighted by molar-refractivity contribution is 0.379. The molecule has 1 rings (SSSR count). The normalized spacial score (nSPS) is 10.3. The molecular formula is C9H18N6O. The van der Waals surface area contributed by atoms with Crippen molar-refractivity contribution in [2.24, 2.45) is 5.84 Å². The SMILES string of the molecule is CCC(CC)Nc1nc(NN)nc(OC)n1. The molecule has 1 heterocycles. The van der Waals surface area contributed by atoms with Crippen LogP contribution in [0.25, 0.3) is 0 Å². The highest BCUT2D eigenvalue weighted by molar-refractivity contribution is 5.35. The van der Waals surface area contributed by atoms with E-state index >= 15 is 0 Å². The van der Waals surface area contributed by atoms with Crippen molar-refractivity contribution in [1.29, 1.82) is 0 Å². The Bertz CT molecular complexity index is 306. The zero-order chi connectivity index (χ0) is 12.0. The summed E-state index contributed by atoms with van der Waals surface area (Å²) in [7, 11) is 1.50. The largest absolute Gasteiger partial charge is 0.467 e. The number of aromatic nitrogens is 3. The van der Waals surface area contributed by atoms with E-state index in [1.54, 1.807) is 0 Å². The van der Waals surface area contributed by atoms with Gasteiger partial charge in [-0.25, -0.2) is 5.84 Å². The number of nitrogens with zero attached hydrogens (tertiary/aromatic N) is 3. The highest BCUT2D eigenvalue weighted by Gasteiger charge is 2.09. The Morgan fingerprint density at radius 3 is 2.31 bits per heavy atom. The maximum absolute atomic E-state index is 5.25. The minimum absolute atomic E-state index is 0.233. The van der Waals surface area contributed by atoms with E-state index in [1.165, 1.54) is 7.11 Å². The molecule has 7 heteroatoms. The van der Waals surface area contributed by atoms with Gasteiger partial charge in [0.2, 0.25) is 11.9 Å². The summed E-state index contributed by atoms with van der Waals surface area (Å²) in [5, 5.41) is 3.19. The Hall–Kier alpha value is -1.63.